The van der Waals surface area contributed by atoms with Crippen LogP contribution in [0.2, 0.25) is 0 Å². The first kappa shape index (κ1) is 22.7. The molecule has 2 aromatic rings. The van der Waals surface area contributed by atoms with Gasteiger partial charge in [0.05, 0.1) is 4.90 Å². The predicted octanol–water partition coefficient (Wildman–Crippen LogP) is 2.18. The van der Waals surface area contributed by atoms with Crippen LogP contribution in [0.3, 0.4) is 0 Å². The normalized spacial score (nSPS) is 21.5. The lowest BCUT2D eigenvalue weighted by Crippen LogP contribution is -2.45. The minimum Gasteiger partial charge on any atom is -0.454 e. The largest absolute Gasteiger partial charge is 0.454 e. The quantitative estimate of drug-likeness (QED) is 0.696. The molecule has 0 spiro atoms. The van der Waals surface area contributed by atoms with E-state index in [-0.39, 0.29) is 42.6 Å². The molecule has 5 rings (SSSR count). The third kappa shape index (κ3) is 3.90. The smallest absolute Gasteiger partial charge is 0.243 e. The van der Waals surface area contributed by atoms with Gasteiger partial charge in [0.25, 0.3) is 0 Å². The number of rotatable bonds is 5. The molecular formula is C24H27N3O6S. The van der Waals surface area contributed by atoms with Gasteiger partial charge < -0.3 is 19.7 Å². The third-order valence-electron chi connectivity index (χ3n) is 6.62. The van der Waals surface area contributed by atoms with Crippen LogP contribution in [-0.2, 0) is 32.6 Å². The number of sulfonamides is 1. The minimum atomic E-state index is -3.87. The molecule has 3 heterocycles. The Kier molecular flexibility index (Phi) is 5.73. The Morgan fingerprint density at radius 3 is 2.71 bits per heavy atom. The second-order valence-electron chi connectivity index (χ2n) is 8.91. The van der Waals surface area contributed by atoms with Crippen molar-refractivity contribution < 1.29 is 27.5 Å². The van der Waals surface area contributed by atoms with Gasteiger partial charge in [-0.05, 0) is 67.6 Å². The van der Waals surface area contributed by atoms with Gasteiger partial charge in [0.1, 0.15) is 6.04 Å². The molecule has 2 aromatic carbocycles. The summed E-state index contributed by atoms with van der Waals surface area (Å²) in [5.41, 5.74) is 2.41. The van der Waals surface area contributed by atoms with Gasteiger partial charge in [0.15, 0.2) is 11.5 Å². The fraction of sp³-hybridized carbons (Fsp3) is 0.417. The van der Waals surface area contributed by atoms with Gasteiger partial charge in [-0.2, -0.15) is 4.31 Å². The molecule has 2 amide bonds. The summed E-state index contributed by atoms with van der Waals surface area (Å²) in [4.78, 5) is 26.8. The predicted molar refractivity (Wildman–Crippen MR) is 124 cm³/mol. The van der Waals surface area contributed by atoms with Crippen molar-refractivity contribution in [2.45, 2.75) is 56.6 Å². The molecule has 3 aliphatic rings. The Balaban J connectivity index is 1.31. The highest BCUT2D eigenvalue weighted by atomic mass is 32.2. The fourth-order valence-electron chi connectivity index (χ4n) is 5.03. The summed E-state index contributed by atoms with van der Waals surface area (Å²) in [6, 6.07) is 9.52. The Morgan fingerprint density at radius 2 is 1.91 bits per heavy atom. The van der Waals surface area contributed by atoms with Crippen LogP contribution in [0.5, 0.6) is 11.5 Å². The molecule has 2 atom stereocenters. The number of hydrogen-bond donors (Lipinski definition) is 1. The van der Waals surface area contributed by atoms with E-state index in [9.17, 15) is 18.0 Å². The molecule has 0 radical (unpaired) electrons. The summed E-state index contributed by atoms with van der Waals surface area (Å²) in [6.45, 7) is 4.17. The molecule has 34 heavy (non-hydrogen) atoms. The highest BCUT2D eigenvalue weighted by Gasteiger charge is 2.40. The summed E-state index contributed by atoms with van der Waals surface area (Å²) in [5, 5.41) is 2.87. The molecule has 180 valence electrons. The maximum absolute atomic E-state index is 13.5. The standard InChI is InChI=1S/C24H27N3O6S/c1-15-10-18-12-19(6-7-20(18)27(15)16(2)28)34(30,31)26-9-3-4-21(26)24(29)25-13-17-5-8-22-23(11-17)33-14-32-22/h5-8,11-12,15,21H,3-4,9-10,13-14H2,1-2H3,(H,25,29)/t15-,21+/m1/s1. The van der Waals surface area contributed by atoms with E-state index >= 15 is 0 Å². The molecule has 0 bridgehead atoms. The van der Waals surface area contributed by atoms with Crippen molar-refractivity contribution in [3.05, 3.63) is 47.5 Å². The van der Waals surface area contributed by atoms with Crippen LogP contribution in [0.25, 0.3) is 0 Å². The van der Waals surface area contributed by atoms with Gasteiger partial charge in [-0.25, -0.2) is 8.42 Å². The number of benzene rings is 2. The third-order valence-corrected chi connectivity index (χ3v) is 8.53. The van der Waals surface area contributed by atoms with Gasteiger partial charge in [0, 0.05) is 31.7 Å². The van der Waals surface area contributed by atoms with Crippen molar-refractivity contribution >= 4 is 27.5 Å². The number of nitrogens with one attached hydrogen (secondary N) is 1. The molecule has 9 nitrogen and oxygen atoms in total. The van der Waals surface area contributed by atoms with Gasteiger partial charge in [-0.3, -0.25) is 9.59 Å². The first-order valence-electron chi connectivity index (χ1n) is 11.4. The molecule has 1 fully saturated rings. The number of anilines is 1. The van der Waals surface area contributed by atoms with E-state index in [4.69, 9.17) is 9.47 Å². The van der Waals surface area contributed by atoms with E-state index in [2.05, 4.69) is 5.32 Å². The Hall–Kier alpha value is -3.11. The Labute approximate surface area is 198 Å². The molecule has 3 aliphatic heterocycles. The first-order chi connectivity index (χ1) is 16.3. The average Bonchev–Trinajstić information content (AvgIpc) is 3.53. The van der Waals surface area contributed by atoms with Gasteiger partial charge in [-0.15, -0.1) is 0 Å². The highest BCUT2D eigenvalue weighted by Crippen LogP contribution is 2.36. The lowest BCUT2D eigenvalue weighted by molar-refractivity contribution is -0.124. The summed E-state index contributed by atoms with van der Waals surface area (Å²) in [5.74, 6) is 0.904. The number of carbonyl (C=O) groups excluding carboxylic acids is 2. The summed E-state index contributed by atoms with van der Waals surface area (Å²) < 4.78 is 38.9. The first-order valence-corrected chi connectivity index (χ1v) is 12.8. The molecule has 0 aromatic heterocycles. The number of nitrogens with zero attached hydrogens (tertiary/aromatic N) is 2. The second kappa shape index (κ2) is 8.59. The zero-order valence-corrected chi connectivity index (χ0v) is 19.9. The lowest BCUT2D eigenvalue weighted by atomic mass is 10.1. The minimum absolute atomic E-state index is 0.0213. The molecule has 1 saturated heterocycles. The van der Waals surface area contributed by atoms with Gasteiger partial charge >= 0.3 is 0 Å². The number of amides is 2. The van der Waals surface area contributed by atoms with Crippen molar-refractivity contribution in [3.8, 4) is 11.5 Å². The topological polar surface area (TPSA) is 105 Å². The van der Waals surface area contributed by atoms with Crippen LogP contribution in [0.1, 0.15) is 37.8 Å². The maximum atomic E-state index is 13.5. The van der Waals surface area contributed by atoms with Crippen molar-refractivity contribution in [3.63, 3.8) is 0 Å². The van der Waals surface area contributed by atoms with Crippen molar-refractivity contribution in [2.24, 2.45) is 0 Å². The van der Waals surface area contributed by atoms with Crippen LogP contribution in [0.15, 0.2) is 41.3 Å². The second-order valence-corrected chi connectivity index (χ2v) is 10.8. The van der Waals surface area contributed by atoms with E-state index in [0.717, 1.165) is 16.8 Å². The molecule has 0 saturated carbocycles. The van der Waals surface area contributed by atoms with Crippen LogP contribution >= 0.6 is 0 Å². The molecular weight excluding hydrogens is 458 g/mol. The number of ether oxygens (including phenoxy) is 2. The van der Waals surface area contributed by atoms with E-state index < -0.39 is 16.1 Å². The zero-order valence-electron chi connectivity index (χ0n) is 19.1. The van der Waals surface area contributed by atoms with Crippen molar-refractivity contribution in [2.75, 3.05) is 18.2 Å². The highest BCUT2D eigenvalue weighted by molar-refractivity contribution is 7.89. The van der Waals surface area contributed by atoms with Crippen LogP contribution in [0, 0.1) is 0 Å². The van der Waals surface area contributed by atoms with Crippen molar-refractivity contribution in [1.82, 2.24) is 9.62 Å². The summed E-state index contributed by atoms with van der Waals surface area (Å²) in [6.07, 6.45) is 1.67. The van der Waals surface area contributed by atoms with E-state index in [1.54, 1.807) is 23.1 Å². The number of fused-ring (bicyclic) bond motifs is 2. The SMILES string of the molecule is CC(=O)N1c2ccc(S(=O)(=O)N3CCC[C@H]3C(=O)NCc3ccc4c(c3)OCO4)cc2C[C@H]1C. The van der Waals surface area contributed by atoms with Crippen molar-refractivity contribution in [1.29, 1.82) is 0 Å². The van der Waals surface area contributed by atoms with Gasteiger partial charge in [0.2, 0.25) is 28.6 Å². The van der Waals surface area contributed by atoms with Crippen LogP contribution < -0.4 is 19.7 Å². The monoisotopic (exact) mass is 485 g/mol. The number of carbonyl (C=O) groups is 2. The van der Waals surface area contributed by atoms with E-state index in [1.807, 2.05) is 19.1 Å². The molecule has 1 N–H and O–H groups in total. The lowest BCUT2D eigenvalue weighted by Gasteiger charge is -2.24. The fourth-order valence-corrected chi connectivity index (χ4v) is 6.74. The maximum Gasteiger partial charge on any atom is 0.243 e. The van der Waals surface area contributed by atoms with E-state index in [0.29, 0.717) is 30.8 Å². The molecule has 0 aliphatic carbocycles. The summed E-state index contributed by atoms with van der Waals surface area (Å²) in [7, 11) is -3.87. The Morgan fingerprint density at radius 1 is 1.12 bits per heavy atom. The zero-order chi connectivity index (χ0) is 24.0. The Bertz CT molecular complexity index is 1260. The average molecular weight is 486 g/mol. The van der Waals surface area contributed by atoms with Crippen LogP contribution in [-0.4, -0.2) is 50.0 Å². The van der Waals surface area contributed by atoms with E-state index in [1.165, 1.54) is 17.3 Å². The number of hydrogen-bond acceptors (Lipinski definition) is 6. The van der Waals surface area contributed by atoms with Crippen LogP contribution in [0.4, 0.5) is 5.69 Å². The molecule has 0 unspecified atom stereocenters. The van der Waals surface area contributed by atoms with Gasteiger partial charge in [-0.1, -0.05) is 6.07 Å². The summed E-state index contributed by atoms with van der Waals surface area (Å²) >= 11 is 0. The molecule has 10 heteroatoms.